The van der Waals surface area contributed by atoms with E-state index in [2.05, 4.69) is 10.1 Å². The monoisotopic (exact) mass is 251 g/mol. The van der Waals surface area contributed by atoms with Crippen LogP contribution >= 0.6 is 0 Å². The lowest BCUT2D eigenvalue weighted by Gasteiger charge is -2.19. The highest BCUT2D eigenvalue weighted by molar-refractivity contribution is 5.49. The van der Waals surface area contributed by atoms with Crippen molar-refractivity contribution in [2.24, 2.45) is 0 Å². The van der Waals surface area contributed by atoms with Gasteiger partial charge in [-0.05, 0) is 20.8 Å². The number of ether oxygens (including phenoxy) is 1. The Morgan fingerprint density at radius 2 is 1.94 bits per heavy atom. The molecular weight excluding hydrogens is 230 g/mol. The van der Waals surface area contributed by atoms with Crippen LogP contribution in [0.25, 0.3) is 5.65 Å². The maximum atomic E-state index is 10.0. The summed E-state index contributed by atoms with van der Waals surface area (Å²) in [6.07, 6.45) is 3.46. The molecule has 0 aliphatic heterocycles. The Labute approximate surface area is 107 Å². The van der Waals surface area contributed by atoms with Gasteiger partial charge >= 0.3 is 0 Å². The minimum Gasteiger partial charge on any atom is -0.493 e. The Hall–Kier alpha value is -1.62. The molecule has 2 aromatic rings. The van der Waals surface area contributed by atoms with Crippen molar-refractivity contribution >= 4 is 5.65 Å². The van der Waals surface area contributed by atoms with Gasteiger partial charge in [-0.2, -0.15) is 5.10 Å². The molecule has 0 radical (unpaired) electrons. The van der Waals surface area contributed by atoms with E-state index in [-0.39, 0.29) is 0 Å². The second kappa shape index (κ2) is 5.35. The van der Waals surface area contributed by atoms with Crippen molar-refractivity contribution < 1.29 is 9.84 Å². The smallest absolute Gasteiger partial charge is 0.161 e. The SMILES string of the molecule is CC.COc1cn2ncc(C)c2nc1C(C)(C)O. The minimum atomic E-state index is -1.04. The summed E-state index contributed by atoms with van der Waals surface area (Å²) in [7, 11) is 1.55. The predicted octanol–water partition coefficient (Wildman–Crippen LogP) is 2.30. The summed E-state index contributed by atoms with van der Waals surface area (Å²) in [5.74, 6) is 0.531. The standard InChI is InChI=1S/C11H15N3O2.C2H6/c1-7-5-12-14-6-8(16-4)9(11(2,3)15)13-10(7)14;1-2/h5-6,15H,1-4H3;1-2H3. The Kier molecular flexibility index (Phi) is 4.29. The second-order valence-corrected chi connectivity index (χ2v) is 4.31. The molecule has 2 rings (SSSR count). The molecule has 0 amide bonds. The number of aliphatic hydroxyl groups is 1. The summed E-state index contributed by atoms with van der Waals surface area (Å²) >= 11 is 0. The third kappa shape index (κ3) is 2.61. The van der Waals surface area contributed by atoms with Crippen molar-refractivity contribution in [1.29, 1.82) is 0 Å². The summed E-state index contributed by atoms with van der Waals surface area (Å²) in [4.78, 5) is 4.40. The minimum absolute atomic E-state index is 0.520. The fourth-order valence-corrected chi connectivity index (χ4v) is 1.60. The number of hydrogen-bond donors (Lipinski definition) is 1. The average molecular weight is 251 g/mol. The fraction of sp³-hybridized carbons (Fsp3) is 0.538. The number of fused-ring (bicyclic) bond motifs is 1. The molecule has 0 aliphatic rings. The molecule has 1 N–H and O–H groups in total. The van der Waals surface area contributed by atoms with Gasteiger partial charge in [0, 0.05) is 5.56 Å². The summed E-state index contributed by atoms with van der Waals surface area (Å²) in [6, 6.07) is 0. The topological polar surface area (TPSA) is 59.7 Å². The van der Waals surface area contributed by atoms with Gasteiger partial charge in [-0.25, -0.2) is 9.50 Å². The van der Waals surface area contributed by atoms with Gasteiger partial charge in [-0.15, -0.1) is 0 Å². The van der Waals surface area contributed by atoms with Gasteiger partial charge in [-0.3, -0.25) is 0 Å². The normalized spacial score (nSPS) is 11.1. The Morgan fingerprint density at radius 1 is 1.33 bits per heavy atom. The molecule has 0 aliphatic carbocycles. The largest absolute Gasteiger partial charge is 0.493 e. The van der Waals surface area contributed by atoms with Crippen molar-refractivity contribution in [3.63, 3.8) is 0 Å². The molecule has 0 unspecified atom stereocenters. The molecule has 0 atom stereocenters. The van der Waals surface area contributed by atoms with Gasteiger partial charge in [0.25, 0.3) is 0 Å². The van der Waals surface area contributed by atoms with Crippen molar-refractivity contribution in [2.75, 3.05) is 7.11 Å². The van der Waals surface area contributed by atoms with Crippen LogP contribution in [0.2, 0.25) is 0 Å². The molecule has 5 nitrogen and oxygen atoms in total. The lowest BCUT2D eigenvalue weighted by molar-refractivity contribution is 0.0707. The van der Waals surface area contributed by atoms with Gasteiger partial charge in [0.1, 0.15) is 11.3 Å². The van der Waals surface area contributed by atoms with E-state index in [1.807, 2.05) is 20.8 Å². The number of aryl methyl sites for hydroxylation is 1. The number of aromatic nitrogens is 3. The van der Waals surface area contributed by atoms with Gasteiger partial charge in [0.15, 0.2) is 11.4 Å². The Morgan fingerprint density at radius 3 is 2.44 bits per heavy atom. The fourth-order valence-electron chi connectivity index (χ4n) is 1.60. The summed E-state index contributed by atoms with van der Waals surface area (Å²) < 4.78 is 6.85. The first-order chi connectivity index (χ1) is 8.43. The summed E-state index contributed by atoms with van der Waals surface area (Å²) in [5, 5.41) is 14.2. The lowest BCUT2D eigenvalue weighted by atomic mass is 10.0. The third-order valence-electron chi connectivity index (χ3n) is 2.44. The van der Waals surface area contributed by atoms with Gasteiger partial charge in [0.05, 0.1) is 19.5 Å². The highest BCUT2D eigenvalue weighted by Crippen LogP contribution is 2.28. The second-order valence-electron chi connectivity index (χ2n) is 4.31. The molecule has 100 valence electrons. The maximum Gasteiger partial charge on any atom is 0.161 e. The molecule has 18 heavy (non-hydrogen) atoms. The van der Waals surface area contributed by atoms with Crippen LogP contribution in [0.15, 0.2) is 12.4 Å². The zero-order chi connectivity index (χ0) is 13.9. The molecular formula is C13H21N3O2. The first-order valence-corrected chi connectivity index (χ1v) is 6.05. The van der Waals surface area contributed by atoms with Crippen molar-refractivity contribution in [2.45, 2.75) is 40.2 Å². The van der Waals surface area contributed by atoms with Crippen LogP contribution in [0.1, 0.15) is 39.0 Å². The Bertz CT molecular complexity index is 527. The first kappa shape index (κ1) is 14.4. The Balaban J connectivity index is 0.000000771. The van der Waals surface area contributed by atoms with E-state index in [9.17, 15) is 5.11 Å². The van der Waals surface area contributed by atoms with Crippen molar-refractivity contribution in [3.8, 4) is 5.75 Å². The van der Waals surface area contributed by atoms with E-state index in [0.29, 0.717) is 11.4 Å². The van der Waals surface area contributed by atoms with Crippen molar-refractivity contribution in [3.05, 3.63) is 23.7 Å². The van der Waals surface area contributed by atoms with Crippen molar-refractivity contribution in [1.82, 2.24) is 14.6 Å². The van der Waals surface area contributed by atoms with E-state index in [0.717, 1.165) is 11.2 Å². The molecule has 0 aromatic carbocycles. The number of hydrogen-bond acceptors (Lipinski definition) is 4. The third-order valence-corrected chi connectivity index (χ3v) is 2.44. The van der Waals surface area contributed by atoms with Crippen LogP contribution in [0.3, 0.4) is 0 Å². The first-order valence-electron chi connectivity index (χ1n) is 6.05. The predicted molar refractivity (Wildman–Crippen MR) is 70.9 cm³/mol. The van der Waals surface area contributed by atoms with Crippen LogP contribution in [0, 0.1) is 6.92 Å². The summed E-state index contributed by atoms with van der Waals surface area (Å²) in [6.45, 7) is 9.29. The number of rotatable bonds is 2. The van der Waals surface area contributed by atoms with Gasteiger partial charge in [-0.1, -0.05) is 13.8 Å². The zero-order valence-corrected chi connectivity index (χ0v) is 11.9. The number of nitrogens with zero attached hydrogens (tertiary/aromatic N) is 3. The molecule has 2 aromatic heterocycles. The van der Waals surface area contributed by atoms with Crippen LogP contribution in [0.4, 0.5) is 0 Å². The van der Waals surface area contributed by atoms with E-state index in [4.69, 9.17) is 4.74 Å². The zero-order valence-electron chi connectivity index (χ0n) is 11.9. The molecule has 0 spiro atoms. The van der Waals surface area contributed by atoms with E-state index >= 15 is 0 Å². The maximum absolute atomic E-state index is 10.0. The van der Waals surface area contributed by atoms with E-state index in [1.54, 1.807) is 37.9 Å². The van der Waals surface area contributed by atoms with Crippen LogP contribution in [-0.2, 0) is 5.60 Å². The summed E-state index contributed by atoms with van der Waals surface area (Å²) in [5.41, 5.74) is 1.18. The molecule has 0 fully saturated rings. The molecule has 0 bridgehead atoms. The average Bonchev–Trinajstić information content (AvgIpc) is 2.70. The van der Waals surface area contributed by atoms with Gasteiger partial charge < -0.3 is 9.84 Å². The molecule has 0 saturated heterocycles. The van der Waals surface area contributed by atoms with Crippen LogP contribution < -0.4 is 4.74 Å². The quantitative estimate of drug-likeness (QED) is 0.889. The van der Waals surface area contributed by atoms with Crippen LogP contribution in [-0.4, -0.2) is 26.8 Å². The van der Waals surface area contributed by atoms with E-state index in [1.165, 1.54) is 0 Å². The highest BCUT2D eigenvalue weighted by atomic mass is 16.5. The molecule has 0 saturated carbocycles. The molecule has 5 heteroatoms. The van der Waals surface area contributed by atoms with Crippen LogP contribution in [0.5, 0.6) is 5.75 Å². The highest BCUT2D eigenvalue weighted by Gasteiger charge is 2.24. The van der Waals surface area contributed by atoms with E-state index < -0.39 is 5.60 Å². The van der Waals surface area contributed by atoms with Gasteiger partial charge in [0.2, 0.25) is 0 Å². The number of methoxy groups -OCH3 is 1. The molecule has 2 heterocycles. The lowest BCUT2D eigenvalue weighted by Crippen LogP contribution is -2.19.